The summed E-state index contributed by atoms with van der Waals surface area (Å²) in [6.45, 7) is 8.89. The normalized spacial score (nSPS) is 24.5. The predicted molar refractivity (Wildman–Crippen MR) is 80.3 cm³/mol. The van der Waals surface area contributed by atoms with Gasteiger partial charge in [-0.3, -0.25) is 0 Å². The molecule has 0 atom stereocenters. The first-order valence-electron chi connectivity index (χ1n) is 7.32. The average Bonchev–Trinajstić information content (AvgIpc) is 2.76. The van der Waals surface area contributed by atoms with Crippen LogP contribution in [-0.4, -0.2) is 48.2 Å². The van der Waals surface area contributed by atoms with Crippen LogP contribution >= 0.6 is 0 Å². The summed E-state index contributed by atoms with van der Waals surface area (Å²) in [7, 11) is 0. The van der Waals surface area contributed by atoms with Gasteiger partial charge in [0.05, 0.1) is 5.56 Å². The molecule has 0 aliphatic carbocycles. The molecular formula is C16H24N2O2. The lowest BCUT2D eigenvalue weighted by Gasteiger charge is -2.25. The van der Waals surface area contributed by atoms with Crippen molar-refractivity contribution in [2.24, 2.45) is 0 Å². The Balaban J connectivity index is 0.000000149. The van der Waals surface area contributed by atoms with Crippen LogP contribution < -0.4 is 5.32 Å². The first kappa shape index (κ1) is 15.0. The largest absolute Gasteiger partial charge is 0.478 e. The van der Waals surface area contributed by atoms with E-state index in [0.29, 0.717) is 5.56 Å². The molecule has 0 amide bonds. The number of benzene rings is 1. The van der Waals surface area contributed by atoms with Crippen molar-refractivity contribution < 1.29 is 9.90 Å². The van der Waals surface area contributed by atoms with Crippen LogP contribution in [0.1, 0.15) is 34.3 Å². The number of carboxylic acids is 1. The van der Waals surface area contributed by atoms with E-state index >= 15 is 0 Å². The maximum absolute atomic E-state index is 10.5. The Morgan fingerprint density at radius 1 is 1.25 bits per heavy atom. The Labute approximate surface area is 120 Å². The Kier molecular flexibility index (Phi) is 5.15. The Hall–Kier alpha value is -1.39. The van der Waals surface area contributed by atoms with Crippen LogP contribution in [0.4, 0.5) is 0 Å². The molecule has 3 heterocycles. The third-order valence-corrected chi connectivity index (χ3v) is 4.06. The highest BCUT2D eigenvalue weighted by atomic mass is 16.4. The van der Waals surface area contributed by atoms with Gasteiger partial charge in [-0.1, -0.05) is 17.7 Å². The van der Waals surface area contributed by atoms with Crippen molar-refractivity contribution in [1.29, 1.82) is 0 Å². The molecule has 3 aliphatic rings. The minimum atomic E-state index is -0.859. The first-order chi connectivity index (χ1) is 9.56. The number of fused-ring (bicyclic) bond motifs is 4. The second-order valence-corrected chi connectivity index (χ2v) is 5.69. The quantitative estimate of drug-likeness (QED) is 0.824. The van der Waals surface area contributed by atoms with Gasteiger partial charge in [0.2, 0.25) is 0 Å². The van der Waals surface area contributed by atoms with Crippen LogP contribution in [0.5, 0.6) is 0 Å². The number of aryl methyl sites for hydroxylation is 2. The van der Waals surface area contributed by atoms with Crippen LogP contribution in [0.25, 0.3) is 0 Å². The molecule has 4 nitrogen and oxygen atoms in total. The van der Waals surface area contributed by atoms with E-state index in [4.69, 9.17) is 5.11 Å². The summed E-state index contributed by atoms with van der Waals surface area (Å²) >= 11 is 0. The van der Waals surface area contributed by atoms with E-state index in [1.807, 2.05) is 13.0 Å². The lowest BCUT2D eigenvalue weighted by Crippen LogP contribution is -2.34. The van der Waals surface area contributed by atoms with E-state index in [-0.39, 0.29) is 0 Å². The highest BCUT2D eigenvalue weighted by Crippen LogP contribution is 2.12. The van der Waals surface area contributed by atoms with Crippen molar-refractivity contribution in [2.75, 3.05) is 26.2 Å². The summed E-state index contributed by atoms with van der Waals surface area (Å²) < 4.78 is 0. The van der Waals surface area contributed by atoms with Crippen molar-refractivity contribution in [1.82, 2.24) is 10.2 Å². The number of carboxylic acid groups (broad SMARTS) is 1. The summed E-state index contributed by atoms with van der Waals surface area (Å²) in [6, 6.07) is 6.15. The summed E-state index contributed by atoms with van der Waals surface area (Å²) in [6.07, 6.45) is 2.75. The van der Waals surface area contributed by atoms with Crippen LogP contribution in [0.2, 0.25) is 0 Å². The molecule has 0 radical (unpaired) electrons. The average molecular weight is 276 g/mol. The van der Waals surface area contributed by atoms with Crippen molar-refractivity contribution >= 4 is 5.97 Å². The van der Waals surface area contributed by atoms with Gasteiger partial charge in [-0.2, -0.15) is 0 Å². The second kappa shape index (κ2) is 6.86. The standard InChI is InChI=1S/C9H10O2.C7H14N2/c1-6-3-4-8(9(10)11)7(2)5-6;1-4-9-5-2-7(1)8-3-6-9/h3-5H,1-2H3,(H,10,11);7-8H,1-6H2. The van der Waals surface area contributed by atoms with Gasteiger partial charge in [-0.25, -0.2) is 4.79 Å². The van der Waals surface area contributed by atoms with E-state index < -0.39 is 5.97 Å². The maximum Gasteiger partial charge on any atom is 0.335 e. The molecule has 0 saturated carbocycles. The molecule has 20 heavy (non-hydrogen) atoms. The highest BCUT2D eigenvalue weighted by Gasteiger charge is 2.21. The number of nitrogens with one attached hydrogen (secondary N) is 1. The minimum Gasteiger partial charge on any atom is -0.478 e. The van der Waals surface area contributed by atoms with Gasteiger partial charge in [0, 0.05) is 19.1 Å². The zero-order valence-corrected chi connectivity index (χ0v) is 12.4. The number of piperidine rings is 1. The number of rotatable bonds is 1. The molecule has 0 unspecified atom stereocenters. The molecular weight excluding hydrogens is 252 g/mol. The number of nitrogens with zero attached hydrogens (tertiary/aromatic N) is 1. The third kappa shape index (κ3) is 4.05. The van der Waals surface area contributed by atoms with Gasteiger partial charge in [0.25, 0.3) is 0 Å². The molecule has 4 rings (SSSR count). The zero-order chi connectivity index (χ0) is 14.5. The van der Waals surface area contributed by atoms with Crippen molar-refractivity contribution in [2.45, 2.75) is 32.7 Å². The zero-order valence-electron chi connectivity index (χ0n) is 12.4. The van der Waals surface area contributed by atoms with Crippen molar-refractivity contribution in [3.63, 3.8) is 0 Å². The fraction of sp³-hybridized carbons (Fsp3) is 0.562. The summed E-state index contributed by atoms with van der Waals surface area (Å²) in [4.78, 5) is 13.1. The lowest BCUT2D eigenvalue weighted by molar-refractivity contribution is 0.0696. The molecule has 0 spiro atoms. The highest BCUT2D eigenvalue weighted by molar-refractivity contribution is 5.89. The van der Waals surface area contributed by atoms with Gasteiger partial charge in [-0.05, 0) is 51.4 Å². The van der Waals surface area contributed by atoms with Crippen molar-refractivity contribution in [3.05, 3.63) is 34.9 Å². The summed E-state index contributed by atoms with van der Waals surface area (Å²) in [5.41, 5.74) is 2.29. The molecule has 4 heteroatoms. The SMILES string of the molecule is C1CN2CCC(CC2)N1.Cc1ccc(C(=O)O)c(C)c1. The van der Waals surface area contributed by atoms with Gasteiger partial charge in [0.1, 0.15) is 0 Å². The van der Waals surface area contributed by atoms with E-state index in [2.05, 4.69) is 10.2 Å². The monoisotopic (exact) mass is 276 g/mol. The molecule has 110 valence electrons. The van der Waals surface area contributed by atoms with Gasteiger partial charge >= 0.3 is 5.97 Å². The smallest absolute Gasteiger partial charge is 0.335 e. The molecule has 1 aromatic rings. The number of aromatic carboxylic acids is 1. The molecule has 3 saturated heterocycles. The van der Waals surface area contributed by atoms with Gasteiger partial charge in [-0.15, -0.1) is 0 Å². The van der Waals surface area contributed by atoms with Crippen LogP contribution in [0.3, 0.4) is 0 Å². The van der Waals surface area contributed by atoms with Crippen LogP contribution in [0.15, 0.2) is 18.2 Å². The van der Waals surface area contributed by atoms with Gasteiger partial charge in [0.15, 0.2) is 0 Å². The van der Waals surface area contributed by atoms with Gasteiger partial charge < -0.3 is 15.3 Å². The lowest BCUT2D eigenvalue weighted by atomic mass is 10.1. The predicted octanol–water partition coefficient (Wildman–Crippen LogP) is 2.06. The molecule has 3 fully saturated rings. The van der Waals surface area contributed by atoms with Crippen LogP contribution in [0, 0.1) is 13.8 Å². The Bertz CT molecular complexity index is 448. The number of hydrogen-bond acceptors (Lipinski definition) is 3. The third-order valence-electron chi connectivity index (χ3n) is 4.06. The minimum absolute atomic E-state index is 0.385. The first-order valence-corrected chi connectivity index (χ1v) is 7.32. The molecule has 3 aliphatic heterocycles. The Morgan fingerprint density at radius 3 is 2.55 bits per heavy atom. The second-order valence-electron chi connectivity index (χ2n) is 5.69. The maximum atomic E-state index is 10.5. The molecule has 0 aromatic heterocycles. The van der Waals surface area contributed by atoms with E-state index in [1.165, 1.54) is 39.0 Å². The van der Waals surface area contributed by atoms with Crippen molar-refractivity contribution in [3.8, 4) is 0 Å². The van der Waals surface area contributed by atoms with Crippen LogP contribution in [-0.2, 0) is 0 Å². The van der Waals surface area contributed by atoms with E-state index in [1.54, 1.807) is 19.1 Å². The van der Waals surface area contributed by atoms with E-state index in [0.717, 1.165) is 17.2 Å². The topological polar surface area (TPSA) is 52.6 Å². The molecule has 1 aromatic carbocycles. The molecule has 2 N–H and O–H groups in total. The molecule has 2 bridgehead atoms. The van der Waals surface area contributed by atoms with E-state index in [9.17, 15) is 4.79 Å². The number of hydrogen-bond donors (Lipinski definition) is 2. The number of carbonyl (C=O) groups is 1. The fourth-order valence-electron chi connectivity index (χ4n) is 2.84. The summed E-state index contributed by atoms with van der Waals surface area (Å²) in [5.74, 6) is -0.859. The Morgan fingerprint density at radius 2 is 1.95 bits per heavy atom. The fourth-order valence-corrected chi connectivity index (χ4v) is 2.84. The summed E-state index contributed by atoms with van der Waals surface area (Å²) in [5, 5.41) is 12.2.